The van der Waals surface area contributed by atoms with Crippen LogP contribution in [0.1, 0.15) is 11.1 Å². The van der Waals surface area contributed by atoms with Gasteiger partial charge in [0.1, 0.15) is 11.4 Å². The van der Waals surface area contributed by atoms with Crippen LogP contribution in [-0.4, -0.2) is 19.7 Å². The Balaban J connectivity index is 2.12. The Labute approximate surface area is 144 Å². The molecule has 0 spiro atoms. The largest absolute Gasteiger partial charge is 0.546 e. The molecule has 120 valence electrons. The standard InChI is InChI=1S/C20H20N2OSi/c1-24(2)23-19-13-7-6-12-18(19)22-20(16-9-4-3-5-10-16)17-11-8-14-21-15-17/h3-15,24H,1-2H3. The average molecular weight is 332 g/mol. The third-order valence-corrected chi connectivity index (χ3v) is 4.17. The smallest absolute Gasteiger partial charge is 0.229 e. The van der Waals surface area contributed by atoms with Gasteiger partial charge in [-0.2, -0.15) is 0 Å². The Hall–Kier alpha value is -2.72. The summed E-state index contributed by atoms with van der Waals surface area (Å²) < 4.78 is 6.03. The molecule has 2 aromatic carbocycles. The van der Waals surface area contributed by atoms with E-state index in [1.165, 1.54) is 0 Å². The van der Waals surface area contributed by atoms with E-state index in [0.29, 0.717) is 0 Å². The number of aromatic nitrogens is 1. The predicted octanol–water partition coefficient (Wildman–Crippen LogP) is 4.61. The zero-order chi connectivity index (χ0) is 16.8. The van der Waals surface area contributed by atoms with Crippen LogP contribution < -0.4 is 4.43 Å². The third-order valence-electron chi connectivity index (χ3n) is 3.44. The maximum Gasteiger partial charge on any atom is 0.229 e. The molecule has 0 atom stereocenters. The molecule has 0 saturated carbocycles. The minimum absolute atomic E-state index is 0.844. The Kier molecular flexibility index (Phi) is 5.18. The quantitative estimate of drug-likeness (QED) is 0.505. The van der Waals surface area contributed by atoms with E-state index in [1.54, 1.807) is 6.20 Å². The zero-order valence-corrected chi connectivity index (χ0v) is 15.0. The zero-order valence-electron chi connectivity index (χ0n) is 13.9. The molecule has 0 bridgehead atoms. The van der Waals surface area contributed by atoms with E-state index < -0.39 is 9.04 Å². The number of para-hydroxylation sites is 2. The second-order valence-corrected chi connectivity index (χ2v) is 8.04. The van der Waals surface area contributed by atoms with Gasteiger partial charge in [-0.25, -0.2) is 4.99 Å². The van der Waals surface area contributed by atoms with Gasteiger partial charge in [0.25, 0.3) is 0 Å². The molecule has 0 N–H and O–H groups in total. The highest BCUT2D eigenvalue weighted by Gasteiger charge is 2.10. The van der Waals surface area contributed by atoms with Crippen molar-refractivity contribution in [3.8, 4) is 5.75 Å². The molecule has 0 saturated heterocycles. The Morgan fingerprint density at radius 3 is 2.29 bits per heavy atom. The van der Waals surface area contributed by atoms with Gasteiger partial charge in [-0.05, 0) is 37.4 Å². The van der Waals surface area contributed by atoms with Crippen LogP contribution in [0.2, 0.25) is 13.1 Å². The Morgan fingerprint density at radius 1 is 0.875 bits per heavy atom. The molecule has 0 aliphatic carbocycles. The minimum Gasteiger partial charge on any atom is -0.546 e. The van der Waals surface area contributed by atoms with Crippen LogP contribution in [0.5, 0.6) is 5.75 Å². The summed E-state index contributed by atoms with van der Waals surface area (Å²) in [6.07, 6.45) is 3.61. The number of hydrogen-bond donors (Lipinski definition) is 0. The molecule has 4 heteroatoms. The highest BCUT2D eigenvalue weighted by Crippen LogP contribution is 2.29. The maximum absolute atomic E-state index is 6.03. The summed E-state index contributed by atoms with van der Waals surface area (Å²) >= 11 is 0. The van der Waals surface area contributed by atoms with Crippen LogP contribution in [0.4, 0.5) is 5.69 Å². The van der Waals surface area contributed by atoms with Crippen molar-refractivity contribution >= 4 is 20.4 Å². The fourth-order valence-electron chi connectivity index (χ4n) is 2.42. The van der Waals surface area contributed by atoms with E-state index in [-0.39, 0.29) is 0 Å². The van der Waals surface area contributed by atoms with E-state index in [1.807, 2.05) is 60.8 Å². The van der Waals surface area contributed by atoms with Crippen LogP contribution in [-0.2, 0) is 0 Å². The second kappa shape index (κ2) is 7.70. The summed E-state index contributed by atoms with van der Waals surface area (Å²) in [5.41, 5.74) is 3.79. The number of nitrogens with zero attached hydrogens (tertiary/aromatic N) is 2. The van der Waals surface area contributed by atoms with Gasteiger partial charge in [0.2, 0.25) is 9.04 Å². The first kappa shape index (κ1) is 16.1. The van der Waals surface area contributed by atoms with Gasteiger partial charge in [0, 0.05) is 23.5 Å². The molecule has 0 unspecified atom stereocenters. The van der Waals surface area contributed by atoms with Crippen LogP contribution in [0.3, 0.4) is 0 Å². The normalized spacial score (nSPS) is 11.5. The molecule has 0 amide bonds. The van der Waals surface area contributed by atoms with Gasteiger partial charge in [0.15, 0.2) is 0 Å². The van der Waals surface area contributed by atoms with Gasteiger partial charge in [0.05, 0.1) is 5.71 Å². The molecule has 1 aromatic heterocycles. The summed E-state index contributed by atoms with van der Waals surface area (Å²) in [5, 5.41) is 0. The monoisotopic (exact) mass is 332 g/mol. The molecule has 3 nitrogen and oxygen atoms in total. The molecule has 0 aliphatic rings. The van der Waals surface area contributed by atoms with Gasteiger partial charge >= 0.3 is 0 Å². The maximum atomic E-state index is 6.03. The van der Waals surface area contributed by atoms with Gasteiger partial charge in [-0.15, -0.1) is 0 Å². The lowest BCUT2D eigenvalue weighted by molar-refractivity contribution is 0.582. The fraction of sp³-hybridized carbons (Fsp3) is 0.100. The van der Waals surface area contributed by atoms with E-state index in [2.05, 4.69) is 30.2 Å². The van der Waals surface area contributed by atoms with Crippen molar-refractivity contribution in [2.75, 3.05) is 0 Å². The van der Waals surface area contributed by atoms with Crippen molar-refractivity contribution in [1.29, 1.82) is 0 Å². The molecular weight excluding hydrogens is 312 g/mol. The van der Waals surface area contributed by atoms with E-state index >= 15 is 0 Å². The van der Waals surface area contributed by atoms with Crippen LogP contribution in [0.15, 0.2) is 84.1 Å². The second-order valence-electron chi connectivity index (χ2n) is 5.70. The predicted molar refractivity (Wildman–Crippen MR) is 102 cm³/mol. The third kappa shape index (κ3) is 3.97. The van der Waals surface area contributed by atoms with Crippen molar-refractivity contribution in [2.45, 2.75) is 13.1 Å². The summed E-state index contributed by atoms with van der Waals surface area (Å²) in [6.45, 7) is 4.30. The molecule has 0 fully saturated rings. The lowest BCUT2D eigenvalue weighted by Crippen LogP contribution is -2.11. The number of pyridine rings is 1. The topological polar surface area (TPSA) is 34.5 Å². The van der Waals surface area contributed by atoms with Gasteiger partial charge in [-0.3, -0.25) is 4.98 Å². The average Bonchev–Trinajstić information content (AvgIpc) is 2.62. The number of benzene rings is 2. The van der Waals surface area contributed by atoms with Crippen molar-refractivity contribution in [3.63, 3.8) is 0 Å². The summed E-state index contributed by atoms with van der Waals surface area (Å²) in [4.78, 5) is 9.16. The molecule has 3 rings (SSSR count). The van der Waals surface area contributed by atoms with Crippen LogP contribution >= 0.6 is 0 Å². The van der Waals surface area contributed by atoms with Gasteiger partial charge in [-0.1, -0.05) is 42.5 Å². The van der Waals surface area contributed by atoms with Crippen LogP contribution in [0.25, 0.3) is 0 Å². The SMILES string of the molecule is C[SiH](C)Oc1ccccc1N=C(c1ccccc1)c1cccnc1. The molecule has 24 heavy (non-hydrogen) atoms. The van der Waals surface area contributed by atoms with Crippen molar-refractivity contribution < 1.29 is 4.43 Å². The number of rotatable bonds is 5. The lowest BCUT2D eigenvalue weighted by atomic mass is 10.0. The summed E-state index contributed by atoms with van der Waals surface area (Å²) in [6, 6.07) is 22.1. The van der Waals surface area contributed by atoms with Crippen molar-refractivity contribution in [2.24, 2.45) is 4.99 Å². The number of aliphatic imine (C=N–C) groups is 1. The van der Waals surface area contributed by atoms with Crippen molar-refractivity contribution in [3.05, 3.63) is 90.3 Å². The molecule has 1 heterocycles. The minimum atomic E-state index is -1.20. The fourth-order valence-corrected chi connectivity index (χ4v) is 3.13. The molecular formula is C20H20N2OSi. The van der Waals surface area contributed by atoms with E-state index in [0.717, 1.165) is 28.3 Å². The Morgan fingerprint density at radius 2 is 1.58 bits per heavy atom. The van der Waals surface area contributed by atoms with Gasteiger partial charge < -0.3 is 4.43 Å². The summed E-state index contributed by atoms with van der Waals surface area (Å²) in [5.74, 6) is 0.844. The molecule has 3 aromatic rings. The highest BCUT2D eigenvalue weighted by molar-refractivity contribution is 6.49. The first-order chi connectivity index (χ1) is 11.7. The van der Waals surface area contributed by atoms with Crippen molar-refractivity contribution in [1.82, 2.24) is 4.98 Å². The molecule has 0 aliphatic heterocycles. The van der Waals surface area contributed by atoms with E-state index in [9.17, 15) is 0 Å². The highest BCUT2D eigenvalue weighted by atomic mass is 28.3. The van der Waals surface area contributed by atoms with Crippen LogP contribution in [0, 0.1) is 0 Å². The lowest BCUT2D eigenvalue weighted by Gasteiger charge is -2.13. The Bertz CT molecular complexity index is 776. The number of hydrogen-bond acceptors (Lipinski definition) is 3. The first-order valence-corrected chi connectivity index (χ1v) is 10.8. The first-order valence-electron chi connectivity index (χ1n) is 8.04. The van der Waals surface area contributed by atoms with E-state index in [4.69, 9.17) is 9.42 Å². The summed E-state index contributed by atoms with van der Waals surface area (Å²) in [7, 11) is -1.20. The molecule has 0 radical (unpaired) electrons.